The van der Waals surface area contributed by atoms with Crippen molar-refractivity contribution in [3.63, 3.8) is 0 Å². The monoisotopic (exact) mass is 407 g/mol. The summed E-state index contributed by atoms with van der Waals surface area (Å²) in [6.07, 6.45) is 8.06. The number of nitrogens with zero attached hydrogens (tertiary/aromatic N) is 1. The molecule has 1 aromatic rings. The number of fused-ring (bicyclic) bond motifs is 1. The van der Waals surface area contributed by atoms with Crippen LogP contribution in [0.1, 0.15) is 36.0 Å². The molecule has 0 saturated carbocycles. The number of amides is 1. The summed E-state index contributed by atoms with van der Waals surface area (Å²) in [5, 5.41) is 6.23. The van der Waals surface area contributed by atoms with Crippen molar-refractivity contribution in [1.82, 2.24) is 10.6 Å². The maximum Gasteiger partial charge on any atom is 0.240 e. The van der Waals surface area contributed by atoms with E-state index >= 15 is 0 Å². The number of allylic oxidation sites excluding steroid dienone is 5. The van der Waals surface area contributed by atoms with Gasteiger partial charge in [-0.2, -0.15) is 0 Å². The predicted molar refractivity (Wildman–Crippen MR) is 118 cm³/mol. The number of rotatable bonds is 4. The number of benzene rings is 1. The third kappa shape index (κ3) is 4.08. The van der Waals surface area contributed by atoms with Gasteiger partial charge >= 0.3 is 0 Å². The molecule has 150 valence electrons. The Morgan fingerprint density at radius 1 is 1.24 bits per heavy atom. The van der Waals surface area contributed by atoms with Gasteiger partial charge in [0.15, 0.2) is 11.0 Å². The lowest BCUT2D eigenvalue weighted by Crippen LogP contribution is -2.32. The highest BCUT2D eigenvalue weighted by Crippen LogP contribution is 2.32. The summed E-state index contributed by atoms with van der Waals surface area (Å²) in [5.41, 5.74) is 7.21. The predicted octanol–water partition coefficient (Wildman–Crippen LogP) is 3.92. The molecule has 2 heterocycles. The Kier molecular flexibility index (Phi) is 5.46. The Bertz CT molecular complexity index is 994. The van der Waals surface area contributed by atoms with Crippen LogP contribution in [0.4, 0.5) is 5.69 Å². The van der Waals surface area contributed by atoms with Crippen molar-refractivity contribution in [2.24, 2.45) is 4.99 Å². The zero-order valence-electron chi connectivity index (χ0n) is 17.0. The highest BCUT2D eigenvalue weighted by Gasteiger charge is 2.34. The molecule has 1 saturated heterocycles. The van der Waals surface area contributed by atoms with Crippen LogP contribution in [-0.2, 0) is 9.59 Å². The van der Waals surface area contributed by atoms with Crippen molar-refractivity contribution < 1.29 is 9.59 Å². The molecule has 1 aromatic carbocycles. The summed E-state index contributed by atoms with van der Waals surface area (Å²) in [6.45, 7) is 6.86. The minimum Gasteiger partial charge on any atom is -0.382 e. The Morgan fingerprint density at radius 3 is 2.76 bits per heavy atom. The largest absolute Gasteiger partial charge is 0.382 e. The molecular formula is C23H25N3O2S. The van der Waals surface area contributed by atoms with Crippen LogP contribution in [0.15, 0.2) is 52.2 Å². The molecule has 0 bridgehead atoms. The number of aliphatic imine (C=N–C) groups is 1. The topological polar surface area (TPSA) is 70.6 Å². The Balaban J connectivity index is 1.51. The second-order valence-corrected chi connectivity index (χ2v) is 8.93. The van der Waals surface area contributed by atoms with Crippen LogP contribution in [-0.4, -0.2) is 28.7 Å². The van der Waals surface area contributed by atoms with E-state index in [1.54, 1.807) is 0 Å². The molecule has 1 atom stereocenters. The van der Waals surface area contributed by atoms with E-state index < -0.39 is 5.25 Å². The first kappa shape index (κ1) is 19.7. The third-order valence-electron chi connectivity index (χ3n) is 5.42. The van der Waals surface area contributed by atoms with Crippen LogP contribution >= 0.6 is 11.8 Å². The van der Waals surface area contributed by atoms with Gasteiger partial charge in [-0.15, -0.1) is 0 Å². The fraction of sp³-hybridized carbons (Fsp3) is 0.348. The lowest BCUT2D eigenvalue weighted by Gasteiger charge is -2.25. The molecule has 29 heavy (non-hydrogen) atoms. The van der Waals surface area contributed by atoms with Gasteiger partial charge in [0.2, 0.25) is 5.91 Å². The zero-order chi connectivity index (χ0) is 20.5. The first-order valence-electron chi connectivity index (χ1n) is 9.92. The van der Waals surface area contributed by atoms with Crippen molar-refractivity contribution in [3.8, 4) is 0 Å². The summed E-state index contributed by atoms with van der Waals surface area (Å²) >= 11 is 1.35. The van der Waals surface area contributed by atoms with Gasteiger partial charge in [-0.3, -0.25) is 9.59 Å². The first-order chi connectivity index (χ1) is 13.9. The van der Waals surface area contributed by atoms with Crippen LogP contribution < -0.4 is 10.6 Å². The van der Waals surface area contributed by atoms with Gasteiger partial charge in [-0.1, -0.05) is 47.7 Å². The summed E-state index contributed by atoms with van der Waals surface area (Å²) in [4.78, 5) is 30.1. The quantitative estimate of drug-likeness (QED) is 0.794. The van der Waals surface area contributed by atoms with Crippen molar-refractivity contribution >= 4 is 34.3 Å². The fourth-order valence-electron chi connectivity index (χ4n) is 4.11. The van der Waals surface area contributed by atoms with Gasteiger partial charge in [-0.25, -0.2) is 4.99 Å². The minimum atomic E-state index is -0.448. The van der Waals surface area contributed by atoms with Crippen molar-refractivity contribution in [2.75, 3.05) is 6.54 Å². The van der Waals surface area contributed by atoms with Gasteiger partial charge in [0.1, 0.15) is 0 Å². The molecule has 1 amide bonds. The average molecular weight is 408 g/mol. The maximum absolute atomic E-state index is 13.0. The molecule has 1 unspecified atom stereocenters. The number of nitrogens with one attached hydrogen (secondary N) is 2. The summed E-state index contributed by atoms with van der Waals surface area (Å²) in [5.74, 6) is -0.150. The standard InChI is InChI=1S/C23H25N3O2S/c1-13-10-14(2)20(15(3)11-13)25-23-26-22(28)19(29-23)12-18(27)21-17-7-5-4-6-16(17)8-9-24-21/h4-6,10-11,19,24H,7-9,12H2,1-3H3,(H,25,26,28). The van der Waals surface area contributed by atoms with E-state index in [1.807, 2.05) is 19.9 Å². The van der Waals surface area contributed by atoms with Crippen LogP contribution in [0.5, 0.6) is 0 Å². The Morgan fingerprint density at radius 2 is 2.00 bits per heavy atom. The van der Waals surface area contributed by atoms with Crippen LogP contribution in [0, 0.1) is 20.8 Å². The molecule has 0 radical (unpaired) electrons. The molecule has 1 fully saturated rings. The van der Waals surface area contributed by atoms with E-state index in [2.05, 4.69) is 46.8 Å². The maximum atomic E-state index is 13.0. The van der Waals surface area contributed by atoms with Crippen molar-refractivity contribution in [1.29, 1.82) is 0 Å². The molecule has 5 nitrogen and oxygen atoms in total. The number of carbonyl (C=O) groups excluding carboxylic acids is 2. The highest BCUT2D eigenvalue weighted by molar-refractivity contribution is 8.15. The molecule has 3 aliphatic rings. The number of amidine groups is 1. The fourth-order valence-corrected chi connectivity index (χ4v) is 5.08. The number of thioether (sulfide) groups is 1. The van der Waals surface area contributed by atoms with Gasteiger partial charge in [-0.05, 0) is 55.9 Å². The SMILES string of the molecule is Cc1cc(C)c(N=C2NC(=O)C(CC(=O)C3=C4CC=CC=C4CCN3)S2)c(C)c1. The summed E-state index contributed by atoms with van der Waals surface area (Å²) in [7, 11) is 0. The van der Waals surface area contributed by atoms with Crippen LogP contribution in [0.3, 0.4) is 0 Å². The number of carbonyl (C=O) groups is 2. The van der Waals surface area contributed by atoms with E-state index in [4.69, 9.17) is 0 Å². The zero-order valence-corrected chi connectivity index (χ0v) is 17.8. The van der Waals surface area contributed by atoms with Gasteiger partial charge in [0, 0.05) is 13.0 Å². The molecule has 0 spiro atoms. The highest BCUT2D eigenvalue weighted by atomic mass is 32.2. The Labute approximate surface area is 175 Å². The van der Waals surface area contributed by atoms with Crippen LogP contribution in [0.25, 0.3) is 0 Å². The normalized spacial score (nSPS) is 22.3. The number of aryl methyl sites for hydroxylation is 3. The molecule has 2 aliphatic heterocycles. The number of hydrogen-bond donors (Lipinski definition) is 2. The number of ketones is 1. The van der Waals surface area contributed by atoms with E-state index in [9.17, 15) is 9.59 Å². The Hall–Kier alpha value is -2.60. The second kappa shape index (κ2) is 8.03. The number of hydrogen-bond acceptors (Lipinski definition) is 5. The van der Waals surface area contributed by atoms with Gasteiger partial charge in [0.05, 0.1) is 16.6 Å². The lowest BCUT2D eigenvalue weighted by molar-refractivity contribution is -0.122. The third-order valence-corrected chi connectivity index (χ3v) is 6.50. The molecule has 6 heteroatoms. The minimum absolute atomic E-state index is 0.00232. The lowest BCUT2D eigenvalue weighted by atomic mass is 9.89. The van der Waals surface area contributed by atoms with Crippen molar-refractivity contribution in [2.45, 2.75) is 45.3 Å². The van der Waals surface area contributed by atoms with E-state index in [1.165, 1.54) is 22.9 Å². The molecule has 0 aromatic heterocycles. The molecule has 2 N–H and O–H groups in total. The molecule has 1 aliphatic carbocycles. The first-order valence-corrected chi connectivity index (χ1v) is 10.8. The summed E-state index contributed by atoms with van der Waals surface area (Å²) < 4.78 is 0. The van der Waals surface area contributed by atoms with E-state index in [0.29, 0.717) is 10.9 Å². The average Bonchev–Trinajstić information content (AvgIpc) is 3.03. The second-order valence-electron chi connectivity index (χ2n) is 7.74. The number of Topliss-reactive ketones (excluding diaryl/α,β-unsaturated/α-hetero) is 1. The van der Waals surface area contributed by atoms with Crippen molar-refractivity contribution in [3.05, 3.63) is 63.9 Å². The van der Waals surface area contributed by atoms with Gasteiger partial charge in [0.25, 0.3) is 0 Å². The van der Waals surface area contributed by atoms with Crippen LogP contribution in [0.2, 0.25) is 0 Å². The molecule has 4 rings (SSSR count). The van der Waals surface area contributed by atoms with E-state index in [-0.39, 0.29) is 18.1 Å². The molecular weight excluding hydrogens is 382 g/mol. The van der Waals surface area contributed by atoms with E-state index in [0.717, 1.165) is 41.8 Å². The van der Waals surface area contributed by atoms with Gasteiger partial charge < -0.3 is 10.6 Å². The summed E-state index contributed by atoms with van der Waals surface area (Å²) in [6, 6.07) is 4.17. The smallest absolute Gasteiger partial charge is 0.240 e.